The quantitative estimate of drug-likeness (QED) is 0.804. The number of pyridine rings is 1. The van der Waals surface area contributed by atoms with Gasteiger partial charge in [0.05, 0.1) is 5.52 Å². The molecule has 4 nitrogen and oxygen atoms in total. The van der Waals surface area contributed by atoms with E-state index in [9.17, 15) is 0 Å². The molecule has 2 heterocycles. The Morgan fingerprint density at radius 1 is 1.09 bits per heavy atom. The third-order valence-corrected chi connectivity index (χ3v) is 4.07. The first-order valence-electron chi connectivity index (χ1n) is 7.69. The average Bonchev–Trinajstić information content (AvgIpc) is 2.86. The fraction of sp³-hybridized carbons (Fsp3) is 0.333. The second kappa shape index (κ2) is 5.89. The Kier molecular flexibility index (Phi) is 3.94. The number of imidazole rings is 1. The van der Waals surface area contributed by atoms with Gasteiger partial charge >= 0.3 is 0 Å². The minimum absolute atomic E-state index is 0.177. The van der Waals surface area contributed by atoms with Gasteiger partial charge in [-0.15, -0.1) is 0 Å². The molecule has 0 saturated carbocycles. The normalized spacial score (nSPS) is 11.3. The molecule has 0 spiro atoms. The molecule has 3 aromatic rings. The fourth-order valence-electron chi connectivity index (χ4n) is 2.70. The number of nitrogens with zero attached hydrogens (tertiary/aromatic N) is 3. The number of aliphatic hydroxyl groups excluding tert-OH is 1. The van der Waals surface area contributed by atoms with Crippen LogP contribution < -0.4 is 0 Å². The third kappa shape index (κ3) is 2.50. The molecule has 2 aromatic heterocycles. The van der Waals surface area contributed by atoms with Crippen LogP contribution in [0.25, 0.3) is 16.9 Å². The van der Waals surface area contributed by atoms with E-state index in [1.807, 2.05) is 6.92 Å². The molecule has 0 bridgehead atoms. The Balaban J connectivity index is 2.17. The summed E-state index contributed by atoms with van der Waals surface area (Å²) in [6.07, 6.45) is 1.54. The van der Waals surface area contributed by atoms with Gasteiger partial charge in [-0.2, -0.15) is 0 Å². The molecule has 0 aliphatic rings. The molecule has 22 heavy (non-hydrogen) atoms. The Morgan fingerprint density at radius 2 is 1.82 bits per heavy atom. The van der Waals surface area contributed by atoms with Gasteiger partial charge in [0.25, 0.3) is 0 Å². The minimum Gasteiger partial charge on any atom is -0.396 e. The van der Waals surface area contributed by atoms with Crippen molar-refractivity contribution in [3.05, 3.63) is 53.0 Å². The van der Waals surface area contributed by atoms with Crippen LogP contribution in [0.2, 0.25) is 0 Å². The molecular weight excluding hydrogens is 274 g/mol. The molecule has 4 heteroatoms. The highest BCUT2D eigenvalue weighted by atomic mass is 16.2. The predicted molar refractivity (Wildman–Crippen MR) is 88.5 cm³/mol. The fourth-order valence-corrected chi connectivity index (χ4v) is 2.70. The second-order valence-electron chi connectivity index (χ2n) is 5.59. The lowest BCUT2D eigenvalue weighted by Crippen LogP contribution is -2.01. The largest absolute Gasteiger partial charge is 0.396 e. The predicted octanol–water partition coefficient (Wildman–Crippen LogP) is 3.13. The highest BCUT2D eigenvalue weighted by Crippen LogP contribution is 2.23. The van der Waals surface area contributed by atoms with E-state index < -0.39 is 0 Å². The van der Waals surface area contributed by atoms with E-state index in [0.29, 0.717) is 6.42 Å². The zero-order valence-electron chi connectivity index (χ0n) is 13.3. The monoisotopic (exact) mass is 295 g/mol. The summed E-state index contributed by atoms with van der Waals surface area (Å²) in [5.41, 5.74) is 6.28. The molecule has 0 aliphatic carbocycles. The van der Waals surface area contributed by atoms with Gasteiger partial charge in [0.1, 0.15) is 5.82 Å². The van der Waals surface area contributed by atoms with Gasteiger partial charge in [0.15, 0.2) is 5.65 Å². The van der Waals surface area contributed by atoms with Crippen molar-refractivity contribution in [3.63, 3.8) is 0 Å². The summed E-state index contributed by atoms with van der Waals surface area (Å²) in [5, 5.41) is 9.03. The Hall–Kier alpha value is -2.20. The average molecular weight is 295 g/mol. The highest BCUT2D eigenvalue weighted by Gasteiger charge is 2.13. The van der Waals surface area contributed by atoms with Crippen molar-refractivity contribution in [3.8, 4) is 5.69 Å². The maximum absolute atomic E-state index is 9.03. The van der Waals surface area contributed by atoms with Crippen LogP contribution in [0.15, 0.2) is 30.3 Å². The van der Waals surface area contributed by atoms with Gasteiger partial charge in [-0.05, 0) is 49.6 Å². The summed E-state index contributed by atoms with van der Waals surface area (Å²) in [6.45, 7) is 6.38. The maximum Gasteiger partial charge on any atom is 0.178 e. The van der Waals surface area contributed by atoms with Crippen molar-refractivity contribution in [2.75, 3.05) is 6.61 Å². The molecule has 114 valence electrons. The summed E-state index contributed by atoms with van der Waals surface area (Å²) >= 11 is 0. The number of aliphatic hydroxyl groups is 1. The van der Waals surface area contributed by atoms with E-state index in [-0.39, 0.29) is 6.61 Å². The van der Waals surface area contributed by atoms with Crippen LogP contribution in [-0.4, -0.2) is 26.2 Å². The molecule has 1 N–H and O–H groups in total. The number of fused-ring (bicyclic) bond motifs is 1. The van der Waals surface area contributed by atoms with Crippen LogP contribution >= 0.6 is 0 Å². The number of hydrogen-bond acceptors (Lipinski definition) is 3. The molecule has 0 aliphatic heterocycles. The number of aromatic nitrogens is 3. The molecule has 1 aromatic carbocycles. The van der Waals surface area contributed by atoms with Gasteiger partial charge in [-0.25, -0.2) is 9.97 Å². The summed E-state index contributed by atoms with van der Waals surface area (Å²) in [7, 11) is 0. The zero-order chi connectivity index (χ0) is 15.7. The van der Waals surface area contributed by atoms with E-state index in [4.69, 9.17) is 5.11 Å². The van der Waals surface area contributed by atoms with Crippen molar-refractivity contribution in [1.29, 1.82) is 0 Å². The number of benzene rings is 1. The van der Waals surface area contributed by atoms with E-state index >= 15 is 0 Å². The Labute approximate surface area is 130 Å². The molecule has 0 saturated heterocycles. The number of hydrogen-bond donors (Lipinski definition) is 1. The lowest BCUT2D eigenvalue weighted by atomic mass is 10.1. The Morgan fingerprint density at radius 3 is 2.45 bits per heavy atom. The molecule has 0 radical (unpaired) electrons. The van der Waals surface area contributed by atoms with Crippen molar-refractivity contribution < 1.29 is 5.11 Å². The third-order valence-electron chi connectivity index (χ3n) is 4.07. The molecular formula is C18H21N3O. The summed E-state index contributed by atoms with van der Waals surface area (Å²) in [5.74, 6) is 1.02. The minimum atomic E-state index is 0.177. The van der Waals surface area contributed by atoms with Crippen LogP contribution in [0, 0.1) is 13.8 Å². The second-order valence-corrected chi connectivity index (χ2v) is 5.59. The van der Waals surface area contributed by atoms with Crippen LogP contribution in [0.5, 0.6) is 0 Å². The summed E-state index contributed by atoms with van der Waals surface area (Å²) < 4.78 is 2.18. The van der Waals surface area contributed by atoms with E-state index in [1.54, 1.807) is 0 Å². The van der Waals surface area contributed by atoms with Crippen LogP contribution in [-0.2, 0) is 12.8 Å². The lowest BCUT2D eigenvalue weighted by Gasteiger charge is -2.09. The van der Waals surface area contributed by atoms with Gasteiger partial charge in [0.2, 0.25) is 0 Å². The van der Waals surface area contributed by atoms with Gasteiger partial charge in [-0.1, -0.05) is 19.1 Å². The first kappa shape index (κ1) is 14.7. The SMILES string of the molecule is CCc1nc2nc(C)c(C)cc2n1-c1ccc(CCO)cc1. The van der Waals surface area contributed by atoms with Gasteiger partial charge in [-0.3, -0.25) is 4.57 Å². The van der Waals surface area contributed by atoms with E-state index in [1.165, 1.54) is 5.56 Å². The van der Waals surface area contributed by atoms with Gasteiger partial charge in [0, 0.05) is 24.4 Å². The van der Waals surface area contributed by atoms with Crippen molar-refractivity contribution in [1.82, 2.24) is 14.5 Å². The summed E-state index contributed by atoms with van der Waals surface area (Å²) in [6, 6.07) is 10.4. The Bertz CT molecular complexity index is 803. The first-order chi connectivity index (χ1) is 10.6. The molecule has 0 unspecified atom stereocenters. The standard InChI is InChI=1S/C18H21N3O/c1-4-17-20-18-16(11-12(2)13(3)19-18)21(17)15-7-5-14(6-8-15)9-10-22/h5-8,11,22H,4,9-10H2,1-3H3. The van der Waals surface area contributed by atoms with Crippen LogP contribution in [0.1, 0.15) is 29.6 Å². The maximum atomic E-state index is 9.03. The smallest absolute Gasteiger partial charge is 0.178 e. The van der Waals surface area contributed by atoms with Gasteiger partial charge < -0.3 is 5.11 Å². The van der Waals surface area contributed by atoms with Crippen molar-refractivity contribution >= 4 is 11.2 Å². The summed E-state index contributed by atoms with van der Waals surface area (Å²) in [4.78, 5) is 9.29. The highest BCUT2D eigenvalue weighted by molar-refractivity contribution is 5.75. The topological polar surface area (TPSA) is 50.9 Å². The van der Waals surface area contributed by atoms with E-state index in [0.717, 1.165) is 40.4 Å². The van der Waals surface area contributed by atoms with Crippen LogP contribution in [0.3, 0.4) is 0 Å². The number of aryl methyl sites for hydroxylation is 3. The molecule has 0 atom stereocenters. The number of rotatable bonds is 4. The van der Waals surface area contributed by atoms with Crippen molar-refractivity contribution in [2.45, 2.75) is 33.6 Å². The zero-order valence-corrected chi connectivity index (χ0v) is 13.3. The first-order valence-corrected chi connectivity index (χ1v) is 7.69. The molecule has 3 rings (SSSR count). The molecule has 0 amide bonds. The lowest BCUT2D eigenvalue weighted by molar-refractivity contribution is 0.299. The van der Waals surface area contributed by atoms with E-state index in [2.05, 4.69) is 58.7 Å². The van der Waals surface area contributed by atoms with Crippen molar-refractivity contribution in [2.24, 2.45) is 0 Å². The molecule has 0 fully saturated rings. The van der Waals surface area contributed by atoms with Crippen LogP contribution in [0.4, 0.5) is 0 Å².